The lowest BCUT2D eigenvalue weighted by atomic mass is 9.96. The van der Waals surface area contributed by atoms with E-state index in [2.05, 4.69) is 5.73 Å². The van der Waals surface area contributed by atoms with Crippen LogP contribution in [0.15, 0.2) is 12.1 Å². The Morgan fingerprint density at radius 1 is 0.810 bits per heavy atom. The lowest BCUT2D eigenvalue weighted by Crippen LogP contribution is -2.32. The summed E-state index contributed by atoms with van der Waals surface area (Å²) < 4.78 is 125. The molecule has 0 radical (unpaired) electrons. The molecule has 2 N–H and O–H groups in total. The van der Waals surface area contributed by atoms with Gasteiger partial charge in [0.15, 0.2) is 0 Å². The summed E-state index contributed by atoms with van der Waals surface area (Å²) in [5, 5.41) is 0. The molecule has 0 amide bonds. The van der Waals surface area contributed by atoms with Crippen LogP contribution in [0, 0.1) is 5.82 Å². The van der Waals surface area contributed by atoms with E-state index in [1.54, 1.807) is 0 Å². The monoisotopic (exact) mass is 329 g/mol. The van der Waals surface area contributed by atoms with Crippen LogP contribution in [0.1, 0.15) is 22.7 Å². The van der Waals surface area contributed by atoms with Crippen LogP contribution >= 0.6 is 0 Å². The van der Waals surface area contributed by atoms with E-state index in [1.165, 1.54) is 0 Å². The predicted molar refractivity (Wildman–Crippen MR) is 49.4 cm³/mol. The van der Waals surface area contributed by atoms with Gasteiger partial charge in [-0.25, -0.2) is 4.39 Å². The summed E-state index contributed by atoms with van der Waals surface area (Å²) in [6, 6.07) is -4.48. The molecule has 1 aromatic carbocycles. The van der Waals surface area contributed by atoms with Gasteiger partial charge in [0.1, 0.15) is 11.9 Å². The fourth-order valence-corrected chi connectivity index (χ4v) is 1.50. The van der Waals surface area contributed by atoms with Gasteiger partial charge in [-0.05, 0) is 12.1 Å². The maximum absolute atomic E-state index is 13.4. The lowest BCUT2D eigenvalue weighted by molar-refractivity contribution is -0.157. The second-order valence-corrected chi connectivity index (χ2v) is 3.93. The first kappa shape index (κ1) is 17.5. The molecule has 1 nitrogen and oxygen atoms in total. The van der Waals surface area contributed by atoms with Crippen molar-refractivity contribution in [2.75, 3.05) is 0 Å². The van der Waals surface area contributed by atoms with Crippen LogP contribution in [-0.4, -0.2) is 6.18 Å². The highest BCUT2D eigenvalue weighted by Gasteiger charge is 2.47. The highest BCUT2D eigenvalue weighted by molar-refractivity contribution is 5.39. The van der Waals surface area contributed by atoms with Crippen LogP contribution in [0.2, 0.25) is 0 Å². The number of halogens is 10. The molecular formula is C10H5F10N. The Morgan fingerprint density at radius 2 is 1.29 bits per heavy atom. The van der Waals surface area contributed by atoms with Crippen molar-refractivity contribution in [2.24, 2.45) is 5.73 Å². The summed E-state index contributed by atoms with van der Waals surface area (Å²) in [6.45, 7) is 0. The van der Waals surface area contributed by atoms with Crippen molar-refractivity contribution in [1.82, 2.24) is 0 Å². The van der Waals surface area contributed by atoms with Gasteiger partial charge < -0.3 is 5.73 Å². The van der Waals surface area contributed by atoms with Gasteiger partial charge in [0, 0.05) is 5.56 Å². The molecule has 0 saturated carbocycles. The largest absolute Gasteiger partial charge is 0.416 e. The third-order valence-electron chi connectivity index (χ3n) is 2.43. The van der Waals surface area contributed by atoms with E-state index in [1.807, 2.05) is 0 Å². The molecule has 0 bridgehead atoms. The Kier molecular flexibility index (Phi) is 4.21. The second kappa shape index (κ2) is 5.04. The molecule has 21 heavy (non-hydrogen) atoms. The van der Waals surface area contributed by atoms with E-state index in [0.717, 1.165) is 0 Å². The molecule has 0 saturated heterocycles. The smallest absolute Gasteiger partial charge is 0.316 e. The van der Waals surface area contributed by atoms with Crippen molar-refractivity contribution < 1.29 is 43.9 Å². The van der Waals surface area contributed by atoms with E-state index >= 15 is 0 Å². The topological polar surface area (TPSA) is 26.0 Å². The summed E-state index contributed by atoms with van der Waals surface area (Å²) in [5.41, 5.74) is -2.08. The normalized spacial score (nSPS) is 15.2. The van der Waals surface area contributed by atoms with E-state index in [9.17, 15) is 43.9 Å². The van der Waals surface area contributed by atoms with E-state index in [-0.39, 0.29) is 0 Å². The van der Waals surface area contributed by atoms with E-state index < -0.39 is 59.2 Å². The molecule has 0 aliphatic carbocycles. The van der Waals surface area contributed by atoms with Crippen LogP contribution < -0.4 is 5.73 Å². The minimum atomic E-state index is -5.64. The van der Waals surface area contributed by atoms with Crippen LogP contribution in [-0.2, 0) is 12.4 Å². The van der Waals surface area contributed by atoms with Crippen molar-refractivity contribution in [3.63, 3.8) is 0 Å². The van der Waals surface area contributed by atoms with Gasteiger partial charge in [0.05, 0.1) is 11.1 Å². The second-order valence-electron chi connectivity index (χ2n) is 3.93. The Labute approximate surface area is 110 Å². The van der Waals surface area contributed by atoms with Crippen LogP contribution in [0.25, 0.3) is 0 Å². The highest BCUT2D eigenvalue weighted by Crippen LogP contribution is 2.43. The first-order chi connectivity index (χ1) is 9.15. The maximum Gasteiger partial charge on any atom is 0.416 e. The minimum Gasteiger partial charge on any atom is -0.316 e. The number of hydrogen-bond donors (Lipinski definition) is 1. The summed E-state index contributed by atoms with van der Waals surface area (Å²) in [4.78, 5) is 0. The first-order valence-corrected chi connectivity index (χ1v) is 4.96. The van der Waals surface area contributed by atoms with Gasteiger partial charge >= 0.3 is 18.5 Å². The lowest BCUT2D eigenvalue weighted by Gasteiger charge is -2.22. The van der Waals surface area contributed by atoms with Crippen molar-refractivity contribution in [2.45, 2.75) is 24.6 Å². The van der Waals surface area contributed by atoms with E-state index in [0.29, 0.717) is 0 Å². The molecule has 0 aromatic heterocycles. The quantitative estimate of drug-likeness (QED) is 0.758. The minimum absolute atomic E-state index is 0.462. The highest BCUT2D eigenvalue weighted by atomic mass is 19.4. The summed E-state index contributed by atoms with van der Waals surface area (Å²) in [5.74, 6) is -2.33. The maximum atomic E-state index is 13.4. The van der Waals surface area contributed by atoms with Gasteiger partial charge in [0.25, 0.3) is 0 Å². The zero-order valence-electron chi connectivity index (χ0n) is 9.59. The fourth-order valence-electron chi connectivity index (χ4n) is 1.50. The summed E-state index contributed by atoms with van der Waals surface area (Å²) >= 11 is 0. The number of rotatable bonds is 1. The van der Waals surface area contributed by atoms with Gasteiger partial charge in [-0.3, -0.25) is 0 Å². The molecule has 1 aromatic rings. The standard InChI is InChI=1S/C10H5F10N/c11-5-2-3(8(12,13)14)1-4(9(15,16)17)6(5)7(21)10(18,19)20/h1-2,7H,21H2/t7-/m1/s1. The third kappa shape index (κ3) is 3.77. The van der Waals surface area contributed by atoms with Crippen molar-refractivity contribution >= 4 is 0 Å². The zero-order chi connectivity index (χ0) is 16.8. The number of benzene rings is 1. The third-order valence-corrected chi connectivity index (χ3v) is 2.43. The van der Waals surface area contributed by atoms with Crippen LogP contribution in [0.3, 0.4) is 0 Å². The molecule has 1 atom stereocenters. The average Bonchev–Trinajstić information content (AvgIpc) is 2.23. The Hall–Kier alpha value is -1.52. The first-order valence-electron chi connectivity index (χ1n) is 4.96. The molecule has 0 unspecified atom stereocenters. The van der Waals surface area contributed by atoms with Gasteiger partial charge in [-0.1, -0.05) is 0 Å². The van der Waals surface area contributed by atoms with Crippen LogP contribution in [0.4, 0.5) is 43.9 Å². The predicted octanol–water partition coefficient (Wildman–Crippen LogP) is 4.43. The molecule has 0 heterocycles. The summed E-state index contributed by atoms with van der Waals surface area (Å²) in [7, 11) is 0. The molecule has 0 aliphatic rings. The number of hydrogen-bond acceptors (Lipinski definition) is 1. The zero-order valence-corrected chi connectivity index (χ0v) is 9.59. The SMILES string of the molecule is N[C@H](c1c(F)cc(C(F)(F)F)cc1C(F)(F)F)C(F)(F)F. The Morgan fingerprint density at radius 3 is 1.62 bits per heavy atom. The molecule has 120 valence electrons. The molecule has 0 spiro atoms. The number of nitrogens with two attached hydrogens (primary N) is 1. The van der Waals surface area contributed by atoms with Gasteiger partial charge in [-0.15, -0.1) is 0 Å². The van der Waals surface area contributed by atoms with Crippen LogP contribution in [0.5, 0.6) is 0 Å². The van der Waals surface area contributed by atoms with Crippen molar-refractivity contribution in [1.29, 1.82) is 0 Å². The van der Waals surface area contributed by atoms with Gasteiger partial charge in [-0.2, -0.15) is 39.5 Å². The fraction of sp³-hybridized carbons (Fsp3) is 0.400. The molecular weight excluding hydrogens is 324 g/mol. The molecule has 1 rings (SSSR count). The Balaban J connectivity index is 3.66. The molecule has 0 aliphatic heterocycles. The Bertz CT molecular complexity index is 524. The molecule has 0 fully saturated rings. The summed E-state index contributed by atoms with van der Waals surface area (Å²) in [6.07, 6.45) is -16.5. The van der Waals surface area contributed by atoms with Crippen molar-refractivity contribution in [3.8, 4) is 0 Å². The average molecular weight is 329 g/mol. The van der Waals surface area contributed by atoms with E-state index in [4.69, 9.17) is 0 Å². The molecule has 11 heteroatoms. The van der Waals surface area contributed by atoms with Gasteiger partial charge in [0.2, 0.25) is 0 Å². The number of alkyl halides is 9. The van der Waals surface area contributed by atoms with Crippen molar-refractivity contribution in [3.05, 3.63) is 34.6 Å².